The van der Waals surface area contributed by atoms with Gasteiger partial charge in [0.15, 0.2) is 0 Å². The lowest BCUT2D eigenvalue weighted by Gasteiger charge is -2.47. The van der Waals surface area contributed by atoms with E-state index < -0.39 is 5.60 Å². The molecule has 1 N–H and O–H groups in total. The van der Waals surface area contributed by atoms with E-state index in [1.807, 2.05) is 4.90 Å². The van der Waals surface area contributed by atoms with Crippen LogP contribution in [0.5, 0.6) is 0 Å². The molecule has 1 aliphatic heterocycles. The Hall–Kier alpha value is -0.570. The lowest BCUT2D eigenvalue weighted by molar-refractivity contribution is -0.160. The fourth-order valence-corrected chi connectivity index (χ4v) is 2.55. The van der Waals surface area contributed by atoms with E-state index in [-0.39, 0.29) is 11.8 Å². The summed E-state index contributed by atoms with van der Waals surface area (Å²) in [5, 5.41) is 10.0. The maximum atomic E-state index is 11.7. The molecule has 2 unspecified atom stereocenters. The standard InChI is InChI=1S/C11H17NO2/c1-7-4-9(7)10(13)12-5-11(14,6-12)8-2-3-8/h7-9,14H,2-6H2,1H3. The summed E-state index contributed by atoms with van der Waals surface area (Å²) < 4.78 is 0. The predicted molar refractivity (Wildman–Crippen MR) is 51.5 cm³/mol. The lowest BCUT2D eigenvalue weighted by Crippen LogP contribution is -2.65. The minimum Gasteiger partial charge on any atom is -0.386 e. The van der Waals surface area contributed by atoms with Crippen molar-refractivity contribution < 1.29 is 9.90 Å². The van der Waals surface area contributed by atoms with Crippen LogP contribution < -0.4 is 0 Å². The molecule has 2 atom stereocenters. The van der Waals surface area contributed by atoms with Crippen molar-refractivity contribution >= 4 is 5.91 Å². The molecule has 0 bridgehead atoms. The van der Waals surface area contributed by atoms with Crippen molar-refractivity contribution in [3.05, 3.63) is 0 Å². The van der Waals surface area contributed by atoms with Gasteiger partial charge in [-0.15, -0.1) is 0 Å². The Morgan fingerprint density at radius 1 is 1.43 bits per heavy atom. The topological polar surface area (TPSA) is 40.5 Å². The Morgan fingerprint density at radius 3 is 2.43 bits per heavy atom. The van der Waals surface area contributed by atoms with Crippen molar-refractivity contribution in [3.63, 3.8) is 0 Å². The molecule has 1 heterocycles. The van der Waals surface area contributed by atoms with Gasteiger partial charge in [-0.2, -0.15) is 0 Å². The molecular formula is C11H17NO2. The molecule has 3 aliphatic rings. The quantitative estimate of drug-likeness (QED) is 0.702. The van der Waals surface area contributed by atoms with Crippen LogP contribution in [0.4, 0.5) is 0 Å². The second-order valence-corrected chi connectivity index (χ2v) is 5.39. The monoisotopic (exact) mass is 195 g/mol. The number of hydrogen-bond donors (Lipinski definition) is 1. The number of rotatable bonds is 2. The summed E-state index contributed by atoms with van der Waals surface area (Å²) in [5.74, 6) is 1.63. The van der Waals surface area contributed by atoms with Crippen LogP contribution in [0.15, 0.2) is 0 Å². The number of β-amino-alcohol motifs (C(OH)–C–C–N with tert-alkyl or cyclic N) is 1. The van der Waals surface area contributed by atoms with E-state index in [1.54, 1.807) is 0 Å². The highest BCUT2D eigenvalue weighted by Gasteiger charge is 2.55. The lowest BCUT2D eigenvalue weighted by atomic mass is 9.88. The zero-order valence-corrected chi connectivity index (χ0v) is 8.57. The van der Waals surface area contributed by atoms with Gasteiger partial charge in [-0.1, -0.05) is 6.92 Å². The molecule has 0 aromatic heterocycles. The molecular weight excluding hydrogens is 178 g/mol. The van der Waals surface area contributed by atoms with E-state index in [0.29, 0.717) is 24.9 Å². The largest absolute Gasteiger partial charge is 0.386 e. The fourth-order valence-electron chi connectivity index (χ4n) is 2.55. The van der Waals surface area contributed by atoms with Crippen LogP contribution >= 0.6 is 0 Å². The van der Waals surface area contributed by atoms with Gasteiger partial charge in [-0.25, -0.2) is 0 Å². The molecule has 3 heteroatoms. The first-order valence-corrected chi connectivity index (χ1v) is 5.61. The van der Waals surface area contributed by atoms with Crippen LogP contribution in [0.1, 0.15) is 26.2 Å². The number of hydrogen-bond acceptors (Lipinski definition) is 2. The van der Waals surface area contributed by atoms with E-state index in [1.165, 1.54) is 0 Å². The second kappa shape index (κ2) is 2.51. The minimum atomic E-state index is -0.506. The first-order chi connectivity index (χ1) is 6.60. The highest BCUT2D eigenvalue weighted by molar-refractivity contribution is 5.82. The van der Waals surface area contributed by atoms with Crippen LogP contribution in [0.2, 0.25) is 0 Å². The van der Waals surface area contributed by atoms with Crippen LogP contribution in [-0.4, -0.2) is 34.6 Å². The smallest absolute Gasteiger partial charge is 0.226 e. The van der Waals surface area contributed by atoms with E-state index >= 15 is 0 Å². The molecule has 0 aromatic rings. The molecule has 1 saturated heterocycles. The Bertz CT molecular complexity index is 279. The van der Waals surface area contributed by atoms with Crippen molar-refractivity contribution in [2.45, 2.75) is 31.8 Å². The zero-order chi connectivity index (χ0) is 9.92. The van der Waals surface area contributed by atoms with Gasteiger partial charge in [-0.05, 0) is 31.1 Å². The maximum Gasteiger partial charge on any atom is 0.226 e. The third-order valence-electron chi connectivity index (χ3n) is 4.00. The summed E-state index contributed by atoms with van der Waals surface area (Å²) in [4.78, 5) is 13.6. The summed E-state index contributed by atoms with van der Waals surface area (Å²) >= 11 is 0. The van der Waals surface area contributed by atoms with E-state index in [9.17, 15) is 9.90 Å². The molecule has 78 valence electrons. The number of amides is 1. The van der Waals surface area contributed by atoms with Crippen LogP contribution in [0.3, 0.4) is 0 Å². The minimum absolute atomic E-state index is 0.277. The van der Waals surface area contributed by atoms with Gasteiger partial charge in [0.25, 0.3) is 0 Å². The molecule has 14 heavy (non-hydrogen) atoms. The molecule has 0 aromatic carbocycles. The highest BCUT2D eigenvalue weighted by atomic mass is 16.3. The van der Waals surface area contributed by atoms with Crippen molar-refractivity contribution in [2.75, 3.05) is 13.1 Å². The van der Waals surface area contributed by atoms with Crippen LogP contribution in [0, 0.1) is 17.8 Å². The van der Waals surface area contributed by atoms with Gasteiger partial charge < -0.3 is 10.0 Å². The normalized spacial score (nSPS) is 39.1. The highest BCUT2D eigenvalue weighted by Crippen LogP contribution is 2.47. The number of likely N-dealkylation sites (tertiary alicyclic amines) is 1. The maximum absolute atomic E-state index is 11.7. The molecule has 1 amide bonds. The second-order valence-electron chi connectivity index (χ2n) is 5.39. The molecule has 3 nitrogen and oxygen atoms in total. The van der Waals surface area contributed by atoms with Gasteiger partial charge >= 0.3 is 0 Å². The number of carbonyl (C=O) groups is 1. The van der Waals surface area contributed by atoms with Gasteiger partial charge in [0.05, 0.1) is 13.1 Å². The molecule has 3 fully saturated rings. The number of aliphatic hydroxyl groups is 1. The van der Waals surface area contributed by atoms with Gasteiger partial charge in [0.2, 0.25) is 5.91 Å². The Balaban J connectivity index is 1.56. The van der Waals surface area contributed by atoms with Crippen molar-refractivity contribution in [2.24, 2.45) is 17.8 Å². The summed E-state index contributed by atoms with van der Waals surface area (Å²) in [6.45, 7) is 3.31. The summed E-state index contributed by atoms with van der Waals surface area (Å²) in [5.41, 5.74) is -0.506. The van der Waals surface area contributed by atoms with Gasteiger partial charge in [-0.3, -0.25) is 4.79 Å². The predicted octanol–water partition coefficient (Wildman–Crippen LogP) is 0.626. The van der Waals surface area contributed by atoms with E-state index in [4.69, 9.17) is 0 Å². The molecule has 0 spiro atoms. The zero-order valence-electron chi connectivity index (χ0n) is 8.57. The Morgan fingerprint density at radius 2 is 2.00 bits per heavy atom. The molecule has 0 radical (unpaired) electrons. The third-order valence-corrected chi connectivity index (χ3v) is 4.00. The van der Waals surface area contributed by atoms with Crippen LogP contribution in [0.25, 0.3) is 0 Å². The molecule has 2 aliphatic carbocycles. The van der Waals surface area contributed by atoms with Crippen LogP contribution in [-0.2, 0) is 4.79 Å². The Labute approximate surface area is 84.1 Å². The SMILES string of the molecule is CC1CC1C(=O)N1CC(O)(C2CC2)C1. The van der Waals surface area contributed by atoms with E-state index in [0.717, 1.165) is 19.3 Å². The summed E-state index contributed by atoms with van der Waals surface area (Å²) in [6, 6.07) is 0. The number of carbonyl (C=O) groups excluding carboxylic acids is 1. The average molecular weight is 195 g/mol. The number of nitrogens with zero attached hydrogens (tertiary/aromatic N) is 1. The van der Waals surface area contributed by atoms with Crippen molar-refractivity contribution in [1.29, 1.82) is 0 Å². The summed E-state index contributed by atoms with van der Waals surface area (Å²) in [7, 11) is 0. The van der Waals surface area contributed by atoms with Gasteiger partial charge in [0, 0.05) is 5.92 Å². The summed E-state index contributed by atoms with van der Waals surface area (Å²) in [6.07, 6.45) is 3.36. The Kier molecular flexibility index (Phi) is 1.56. The first-order valence-electron chi connectivity index (χ1n) is 5.61. The molecule has 3 rings (SSSR count). The molecule has 2 saturated carbocycles. The van der Waals surface area contributed by atoms with Gasteiger partial charge in [0.1, 0.15) is 5.60 Å². The van der Waals surface area contributed by atoms with Crippen molar-refractivity contribution in [3.8, 4) is 0 Å². The van der Waals surface area contributed by atoms with Crippen molar-refractivity contribution in [1.82, 2.24) is 4.90 Å². The third kappa shape index (κ3) is 1.18. The fraction of sp³-hybridized carbons (Fsp3) is 0.909. The average Bonchev–Trinajstić information content (AvgIpc) is 2.89. The first kappa shape index (κ1) is 8.72. The van der Waals surface area contributed by atoms with E-state index in [2.05, 4.69) is 6.92 Å².